The van der Waals surface area contributed by atoms with Crippen LogP contribution in [0.1, 0.15) is 12.8 Å². The van der Waals surface area contributed by atoms with Crippen molar-refractivity contribution in [1.82, 2.24) is 5.32 Å². The molecular weight excluding hydrogens is 154 g/mol. The highest BCUT2D eigenvalue weighted by molar-refractivity contribution is 5.84. The van der Waals surface area contributed by atoms with E-state index in [1.807, 2.05) is 12.3 Å². The summed E-state index contributed by atoms with van der Waals surface area (Å²) in [4.78, 5) is 4.21. The Labute approximate surface area is 72.2 Å². The standard InChI is InChI=1S/C8H15N3O/c9-7(2-5-12)6-8-10-3-1-4-11-8/h1,3,7,12H,2,4-6,9H2,(H,10,11). The Morgan fingerprint density at radius 3 is 3.17 bits per heavy atom. The summed E-state index contributed by atoms with van der Waals surface area (Å²) in [5.41, 5.74) is 5.71. The van der Waals surface area contributed by atoms with Crippen LogP contribution in [0.5, 0.6) is 0 Å². The van der Waals surface area contributed by atoms with Gasteiger partial charge in [0.25, 0.3) is 0 Å². The third-order valence-electron chi connectivity index (χ3n) is 1.71. The van der Waals surface area contributed by atoms with Crippen molar-refractivity contribution in [2.45, 2.75) is 18.9 Å². The van der Waals surface area contributed by atoms with Crippen LogP contribution in [-0.2, 0) is 0 Å². The molecule has 1 rings (SSSR count). The van der Waals surface area contributed by atoms with E-state index in [1.165, 1.54) is 0 Å². The summed E-state index contributed by atoms with van der Waals surface area (Å²) in [6.45, 7) is 0.873. The van der Waals surface area contributed by atoms with Crippen molar-refractivity contribution in [3.05, 3.63) is 12.3 Å². The number of nitrogens with one attached hydrogen (secondary N) is 1. The Morgan fingerprint density at radius 2 is 2.58 bits per heavy atom. The van der Waals surface area contributed by atoms with Crippen LogP contribution < -0.4 is 11.1 Å². The summed E-state index contributed by atoms with van der Waals surface area (Å²) in [7, 11) is 0. The topological polar surface area (TPSA) is 70.6 Å². The van der Waals surface area contributed by atoms with Crippen LogP contribution >= 0.6 is 0 Å². The van der Waals surface area contributed by atoms with Gasteiger partial charge < -0.3 is 16.2 Å². The maximum absolute atomic E-state index is 8.61. The molecule has 1 heterocycles. The zero-order valence-corrected chi connectivity index (χ0v) is 7.03. The Bertz CT molecular complexity index is 189. The smallest absolute Gasteiger partial charge is 0.102 e. The molecule has 0 spiro atoms. The molecule has 4 heteroatoms. The van der Waals surface area contributed by atoms with Crippen LogP contribution in [0, 0.1) is 0 Å². The molecule has 0 amide bonds. The normalized spacial score (nSPS) is 18.3. The summed E-state index contributed by atoms with van der Waals surface area (Å²) in [6.07, 6.45) is 5.16. The van der Waals surface area contributed by atoms with Gasteiger partial charge in [0.1, 0.15) is 5.84 Å². The van der Waals surface area contributed by atoms with Gasteiger partial charge in [-0.1, -0.05) is 0 Å². The quantitative estimate of drug-likeness (QED) is 0.536. The van der Waals surface area contributed by atoms with E-state index in [9.17, 15) is 0 Å². The lowest BCUT2D eigenvalue weighted by atomic mass is 10.1. The first-order chi connectivity index (χ1) is 5.83. The minimum absolute atomic E-state index is 0.00718. The second-order valence-electron chi connectivity index (χ2n) is 2.81. The van der Waals surface area contributed by atoms with E-state index in [4.69, 9.17) is 10.8 Å². The van der Waals surface area contributed by atoms with Gasteiger partial charge >= 0.3 is 0 Å². The van der Waals surface area contributed by atoms with Crippen molar-refractivity contribution in [2.75, 3.05) is 13.2 Å². The van der Waals surface area contributed by atoms with Gasteiger partial charge in [0, 0.05) is 19.1 Å². The number of hydrogen-bond acceptors (Lipinski definition) is 4. The van der Waals surface area contributed by atoms with Gasteiger partial charge in [-0.3, -0.25) is 4.99 Å². The van der Waals surface area contributed by atoms with Crippen molar-refractivity contribution < 1.29 is 5.11 Å². The van der Waals surface area contributed by atoms with Crippen molar-refractivity contribution in [3.63, 3.8) is 0 Å². The highest BCUT2D eigenvalue weighted by Crippen LogP contribution is 1.97. The molecule has 0 fully saturated rings. The minimum Gasteiger partial charge on any atom is -0.396 e. The summed E-state index contributed by atoms with van der Waals surface area (Å²) >= 11 is 0. The van der Waals surface area contributed by atoms with Crippen LogP contribution in [0.25, 0.3) is 0 Å². The number of amidine groups is 1. The Balaban J connectivity index is 2.25. The SMILES string of the molecule is NC(CCO)CC1=NCC=CN1. The van der Waals surface area contributed by atoms with Crippen molar-refractivity contribution >= 4 is 5.84 Å². The molecule has 0 saturated carbocycles. The zero-order chi connectivity index (χ0) is 8.81. The highest BCUT2D eigenvalue weighted by Gasteiger charge is 2.06. The number of aliphatic hydroxyl groups excluding tert-OH is 1. The predicted octanol–water partition coefficient (Wildman–Crippen LogP) is -0.398. The molecule has 4 N–H and O–H groups in total. The van der Waals surface area contributed by atoms with Gasteiger partial charge in [0.05, 0.1) is 6.54 Å². The number of nitrogens with two attached hydrogens (primary N) is 1. The van der Waals surface area contributed by atoms with Gasteiger partial charge in [-0.2, -0.15) is 0 Å². The van der Waals surface area contributed by atoms with Crippen molar-refractivity contribution in [2.24, 2.45) is 10.7 Å². The van der Waals surface area contributed by atoms with Gasteiger partial charge in [-0.15, -0.1) is 0 Å². The molecular formula is C8H15N3O. The molecule has 4 nitrogen and oxygen atoms in total. The zero-order valence-electron chi connectivity index (χ0n) is 7.03. The molecule has 1 atom stereocenters. The summed E-state index contributed by atoms with van der Waals surface area (Å²) in [5, 5.41) is 11.6. The molecule has 0 aromatic rings. The fourth-order valence-corrected chi connectivity index (χ4v) is 1.06. The first-order valence-corrected chi connectivity index (χ1v) is 4.14. The fourth-order valence-electron chi connectivity index (χ4n) is 1.06. The van der Waals surface area contributed by atoms with Gasteiger partial charge in [-0.25, -0.2) is 0 Å². The molecule has 1 unspecified atom stereocenters. The van der Waals surface area contributed by atoms with Crippen LogP contribution in [0.15, 0.2) is 17.3 Å². The maximum atomic E-state index is 8.61. The van der Waals surface area contributed by atoms with Gasteiger partial charge in [0.2, 0.25) is 0 Å². The average Bonchev–Trinajstić information content (AvgIpc) is 2.06. The lowest BCUT2D eigenvalue weighted by Gasteiger charge is -2.13. The van der Waals surface area contributed by atoms with E-state index in [2.05, 4.69) is 10.3 Å². The summed E-state index contributed by atoms with van der Waals surface area (Å²) in [6, 6.07) is 0.00718. The fraction of sp³-hybridized carbons (Fsp3) is 0.625. The van der Waals surface area contributed by atoms with E-state index >= 15 is 0 Å². The van der Waals surface area contributed by atoms with Gasteiger partial charge in [0.15, 0.2) is 0 Å². The van der Waals surface area contributed by atoms with E-state index in [0.29, 0.717) is 12.8 Å². The largest absolute Gasteiger partial charge is 0.396 e. The van der Waals surface area contributed by atoms with Crippen LogP contribution in [-0.4, -0.2) is 30.1 Å². The summed E-state index contributed by atoms with van der Waals surface area (Å²) < 4.78 is 0. The van der Waals surface area contributed by atoms with Crippen molar-refractivity contribution in [3.8, 4) is 0 Å². The second-order valence-corrected chi connectivity index (χ2v) is 2.81. The maximum Gasteiger partial charge on any atom is 0.102 e. The van der Waals surface area contributed by atoms with E-state index in [0.717, 1.165) is 12.4 Å². The number of aliphatic imine (C=N–C) groups is 1. The average molecular weight is 169 g/mol. The number of hydrogen-bond donors (Lipinski definition) is 3. The van der Waals surface area contributed by atoms with E-state index < -0.39 is 0 Å². The van der Waals surface area contributed by atoms with Crippen LogP contribution in [0.3, 0.4) is 0 Å². The second kappa shape index (κ2) is 4.90. The molecule has 1 aliphatic heterocycles. The van der Waals surface area contributed by atoms with E-state index in [-0.39, 0.29) is 12.6 Å². The monoisotopic (exact) mass is 169 g/mol. The number of rotatable bonds is 4. The molecule has 0 bridgehead atoms. The molecule has 0 aromatic carbocycles. The first-order valence-electron chi connectivity index (χ1n) is 4.14. The minimum atomic E-state index is 0.00718. The highest BCUT2D eigenvalue weighted by atomic mass is 16.3. The van der Waals surface area contributed by atoms with Crippen molar-refractivity contribution in [1.29, 1.82) is 0 Å². The number of aliphatic hydroxyl groups is 1. The van der Waals surface area contributed by atoms with Crippen LogP contribution in [0.4, 0.5) is 0 Å². The Hall–Kier alpha value is -0.870. The van der Waals surface area contributed by atoms with Crippen LogP contribution in [0.2, 0.25) is 0 Å². The molecule has 12 heavy (non-hydrogen) atoms. The Morgan fingerprint density at radius 1 is 1.75 bits per heavy atom. The third kappa shape index (κ3) is 3.02. The first kappa shape index (κ1) is 9.22. The summed E-state index contributed by atoms with van der Waals surface area (Å²) in [5.74, 6) is 0.915. The molecule has 68 valence electrons. The third-order valence-corrected chi connectivity index (χ3v) is 1.71. The predicted molar refractivity (Wildman–Crippen MR) is 48.9 cm³/mol. The van der Waals surface area contributed by atoms with E-state index in [1.54, 1.807) is 0 Å². The molecule has 1 aliphatic rings. The molecule has 0 saturated heterocycles. The molecule has 0 aliphatic carbocycles. The lowest BCUT2D eigenvalue weighted by molar-refractivity contribution is 0.276. The van der Waals surface area contributed by atoms with Gasteiger partial charge in [-0.05, 0) is 18.7 Å². The lowest BCUT2D eigenvalue weighted by Crippen LogP contribution is -2.31. The molecule has 0 radical (unpaired) electrons. The Kier molecular flexibility index (Phi) is 3.76. The number of nitrogens with zero attached hydrogens (tertiary/aromatic N) is 1. The molecule has 0 aromatic heterocycles.